The molecule has 3 rings (SSSR count). The number of rotatable bonds is 10. The fourth-order valence-electron chi connectivity index (χ4n) is 3.13. The number of aromatic nitrogens is 3. The molecule has 0 spiro atoms. The molecule has 0 saturated carbocycles. The Kier molecular flexibility index (Phi) is 7.78. The van der Waals surface area contributed by atoms with Gasteiger partial charge in [-0.1, -0.05) is 50.3 Å². The number of nitrogens with one attached hydrogen (secondary N) is 1. The van der Waals surface area contributed by atoms with Crippen LogP contribution in [0.25, 0.3) is 0 Å². The quantitative estimate of drug-likeness (QED) is 0.520. The molecule has 1 unspecified atom stereocenters. The number of hydrogen-bond donors (Lipinski definition) is 2. The minimum absolute atomic E-state index is 0.00635. The average Bonchev–Trinajstić information content (AvgIpc) is 3.24. The molecule has 0 bridgehead atoms. The molecule has 31 heavy (non-hydrogen) atoms. The zero-order chi connectivity index (χ0) is 22.2. The molecule has 0 aliphatic heterocycles. The molecule has 2 N–H and O–H groups in total. The Morgan fingerprint density at radius 3 is 2.61 bits per heavy atom. The van der Waals surface area contributed by atoms with Crippen LogP contribution < -0.4 is 10.1 Å². The molecule has 1 aromatic heterocycles. The Bertz CT molecular complexity index is 982. The van der Waals surface area contributed by atoms with Crippen LogP contribution in [0.3, 0.4) is 0 Å². The number of aliphatic hydroxyl groups is 1. The van der Waals surface area contributed by atoms with E-state index in [1.807, 2.05) is 61.7 Å². The summed E-state index contributed by atoms with van der Waals surface area (Å²) >= 11 is 0. The van der Waals surface area contributed by atoms with Crippen LogP contribution in [-0.4, -0.2) is 32.6 Å². The van der Waals surface area contributed by atoms with Crippen LogP contribution in [-0.2, 0) is 13.2 Å². The van der Waals surface area contributed by atoms with Gasteiger partial charge < -0.3 is 15.2 Å². The van der Waals surface area contributed by atoms with Crippen LogP contribution in [0, 0.1) is 5.92 Å². The molecule has 3 aromatic rings. The van der Waals surface area contributed by atoms with Gasteiger partial charge in [-0.25, -0.2) is 4.68 Å². The van der Waals surface area contributed by atoms with Gasteiger partial charge in [-0.15, -0.1) is 5.10 Å². The fraction of sp³-hybridized carbons (Fsp3) is 0.375. The second kappa shape index (κ2) is 10.7. The maximum Gasteiger partial charge on any atom is 0.251 e. The number of benzene rings is 2. The number of aliphatic hydroxyl groups excluding tert-OH is 1. The van der Waals surface area contributed by atoms with Crippen molar-refractivity contribution in [3.05, 3.63) is 77.1 Å². The van der Waals surface area contributed by atoms with E-state index in [1.165, 1.54) is 0 Å². The predicted molar refractivity (Wildman–Crippen MR) is 119 cm³/mol. The molecule has 7 nitrogen and oxygen atoms in total. The van der Waals surface area contributed by atoms with Gasteiger partial charge in [-0.2, -0.15) is 0 Å². The molecule has 164 valence electrons. The Labute approximate surface area is 183 Å². The summed E-state index contributed by atoms with van der Waals surface area (Å²) in [4.78, 5) is 12.3. The first kappa shape index (κ1) is 22.5. The summed E-state index contributed by atoms with van der Waals surface area (Å²) in [6.45, 7) is 7.33. The standard InChI is InChI=1S/C24H30N4O3/c1-4-23(31-21-10-8-18(16-29)9-11-21)22-15-28(27-26-22)14-19-6-5-7-20(12-19)24(30)25-13-17(2)3/h5-12,15,17,23,29H,4,13-14,16H2,1-3H3,(H,25,30). The lowest BCUT2D eigenvalue weighted by molar-refractivity contribution is 0.0949. The minimum Gasteiger partial charge on any atom is -0.484 e. The molecular formula is C24H30N4O3. The Morgan fingerprint density at radius 1 is 1.16 bits per heavy atom. The molecule has 1 atom stereocenters. The van der Waals surface area contributed by atoms with Crippen molar-refractivity contribution in [2.24, 2.45) is 5.92 Å². The van der Waals surface area contributed by atoms with Crippen LogP contribution in [0.4, 0.5) is 0 Å². The number of carbonyl (C=O) groups excluding carboxylic acids is 1. The lowest BCUT2D eigenvalue weighted by Crippen LogP contribution is -2.27. The van der Waals surface area contributed by atoms with Gasteiger partial charge >= 0.3 is 0 Å². The summed E-state index contributed by atoms with van der Waals surface area (Å²) in [6.07, 6.45) is 2.40. The second-order valence-electron chi connectivity index (χ2n) is 7.96. The first-order valence-electron chi connectivity index (χ1n) is 10.6. The Morgan fingerprint density at radius 2 is 1.94 bits per heavy atom. The van der Waals surface area contributed by atoms with Gasteiger partial charge in [0.1, 0.15) is 17.5 Å². The first-order chi connectivity index (χ1) is 15.0. The maximum atomic E-state index is 12.3. The molecule has 0 aliphatic carbocycles. The van der Waals surface area contributed by atoms with E-state index in [-0.39, 0.29) is 18.6 Å². The van der Waals surface area contributed by atoms with Crippen molar-refractivity contribution in [1.82, 2.24) is 20.3 Å². The Hall–Kier alpha value is -3.19. The number of hydrogen-bond acceptors (Lipinski definition) is 5. The average molecular weight is 423 g/mol. The van der Waals surface area contributed by atoms with Crippen LogP contribution in [0.5, 0.6) is 5.75 Å². The number of ether oxygens (including phenoxy) is 1. The van der Waals surface area contributed by atoms with E-state index in [0.717, 1.165) is 29.0 Å². The van der Waals surface area contributed by atoms with E-state index in [9.17, 15) is 9.90 Å². The molecule has 0 saturated heterocycles. The van der Waals surface area contributed by atoms with E-state index in [4.69, 9.17) is 4.74 Å². The summed E-state index contributed by atoms with van der Waals surface area (Å²) < 4.78 is 7.81. The highest BCUT2D eigenvalue weighted by Gasteiger charge is 2.16. The zero-order valence-electron chi connectivity index (χ0n) is 18.3. The van der Waals surface area contributed by atoms with Crippen molar-refractivity contribution >= 4 is 5.91 Å². The van der Waals surface area contributed by atoms with Gasteiger partial charge in [0, 0.05) is 12.1 Å². The van der Waals surface area contributed by atoms with Crippen molar-refractivity contribution in [1.29, 1.82) is 0 Å². The lowest BCUT2D eigenvalue weighted by atomic mass is 10.1. The minimum atomic E-state index is -0.220. The third-order valence-electron chi connectivity index (χ3n) is 4.85. The van der Waals surface area contributed by atoms with Crippen molar-refractivity contribution in [2.45, 2.75) is 46.4 Å². The third-order valence-corrected chi connectivity index (χ3v) is 4.85. The van der Waals surface area contributed by atoms with Gasteiger partial charge in [0.05, 0.1) is 19.3 Å². The summed E-state index contributed by atoms with van der Waals surface area (Å²) in [5, 5.41) is 20.6. The highest BCUT2D eigenvalue weighted by atomic mass is 16.5. The molecule has 7 heteroatoms. The van der Waals surface area contributed by atoms with Crippen molar-refractivity contribution in [3.8, 4) is 5.75 Å². The van der Waals surface area contributed by atoms with Gasteiger partial charge in [0.15, 0.2) is 0 Å². The van der Waals surface area contributed by atoms with Gasteiger partial charge in [-0.05, 0) is 47.7 Å². The topological polar surface area (TPSA) is 89.3 Å². The third kappa shape index (κ3) is 6.39. The van der Waals surface area contributed by atoms with Crippen molar-refractivity contribution in [2.75, 3.05) is 6.54 Å². The molecule has 1 heterocycles. The molecule has 0 fully saturated rings. The van der Waals surface area contributed by atoms with Gasteiger partial charge in [0.25, 0.3) is 5.91 Å². The molecule has 2 aromatic carbocycles. The summed E-state index contributed by atoms with van der Waals surface area (Å²) in [5.74, 6) is 1.06. The predicted octanol–water partition coefficient (Wildman–Crippen LogP) is 3.73. The van der Waals surface area contributed by atoms with E-state index in [1.54, 1.807) is 4.68 Å². The second-order valence-corrected chi connectivity index (χ2v) is 7.96. The van der Waals surface area contributed by atoms with Crippen molar-refractivity contribution in [3.63, 3.8) is 0 Å². The van der Waals surface area contributed by atoms with Crippen LogP contribution in [0.1, 0.15) is 60.5 Å². The molecular weight excluding hydrogens is 392 g/mol. The maximum absolute atomic E-state index is 12.3. The summed E-state index contributed by atoms with van der Waals surface area (Å²) in [5.41, 5.74) is 3.20. The Balaban J connectivity index is 1.65. The SMILES string of the molecule is CCC(Oc1ccc(CO)cc1)c1cn(Cc2cccc(C(=O)NCC(C)C)c2)nn1. The monoisotopic (exact) mass is 422 g/mol. The van der Waals surface area contributed by atoms with E-state index >= 15 is 0 Å². The molecule has 0 radical (unpaired) electrons. The lowest BCUT2D eigenvalue weighted by Gasteiger charge is -2.15. The largest absolute Gasteiger partial charge is 0.484 e. The summed E-state index contributed by atoms with van der Waals surface area (Å²) in [6, 6.07) is 14.9. The zero-order valence-corrected chi connectivity index (χ0v) is 18.3. The van der Waals surface area contributed by atoms with E-state index in [2.05, 4.69) is 29.5 Å². The number of nitrogens with zero attached hydrogens (tertiary/aromatic N) is 3. The molecule has 0 aliphatic rings. The van der Waals surface area contributed by atoms with E-state index in [0.29, 0.717) is 24.6 Å². The van der Waals surface area contributed by atoms with Crippen LogP contribution in [0.15, 0.2) is 54.7 Å². The van der Waals surface area contributed by atoms with Crippen LogP contribution in [0.2, 0.25) is 0 Å². The van der Waals surface area contributed by atoms with Crippen LogP contribution >= 0.6 is 0 Å². The molecule has 1 amide bonds. The number of amides is 1. The number of carbonyl (C=O) groups is 1. The van der Waals surface area contributed by atoms with Crippen molar-refractivity contribution < 1.29 is 14.6 Å². The smallest absolute Gasteiger partial charge is 0.251 e. The van der Waals surface area contributed by atoms with E-state index < -0.39 is 0 Å². The normalized spacial score (nSPS) is 12.0. The highest BCUT2D eigenvalue weighted by molar-refractivity contribution is 5.94. The highest BCUT2D eigenvalue weighted by Crippen LogP contribution is 2.23. The summed E-state index contributed by atoms with van der Waals surface area (Å²) in [7, 11) is 0. The first-order valence-corrected chi connectivity index (χ1v) is 10.6. The fourth-order valence-corrected chi connectivity index (χ4v) is 3.13. The van der Waals surface area contributed by atoms with Gasteiger partial charge in [0.2, 0.25) is 0 Å². The van der Waals surface area contributed by atoms with Gasteiger partial charge in [-0.3, -0.25) is 4.79 Å².